The van der Waals surface area contributed by atoms with Crippen LogP contribution in [0.5, 0.6) is 0 Å². The summed E-state index contributed by atoms with van der Waals surface area (Å²) in [6, 6.07) is 10.7. The number of amides is 1. The quantitative estimate of drug-likeness (QED) is 0.779. The highest BCUT2D eigenvalue weighted by Crippen LogP contribution is 2.38. The van der Waals surface area contributed by atoms with E-state index in [1.165, 1.54) is 5.56 Å². The second-order valence-electron chi connectivity index (χ2n) is 7.82. The highest BCUT2D eigenvalue weighted by molar-refractivity contribution is 5.48. The third-order valence-electron chi connectivity index (χ3n) is 5.39. The first-order chi connectivity index (χ1) is 10.3. The maximum atomic E-state index is 11.6. The molecule has 1 amide bonds. The van der Waals surface area contributed by atoms with Crippen molar-refractivity contribution in [1.29, 1.82) is 0 Å². The minimum absolute atomic E-state index is 0.112. The van der Waals surface area contributed by atoms with E-state index in [4.69, 9.17) is 0 Å². The van der Waals surface area contributed by atoms with Crippen LogP contribution in [0.25, 0.3) is 0 Å². The zero-order valence-corrected chi connectivity index (χ0v) is 14.7. The molecule has 0 saturated carbocycles. The Hall–Kier alpha value is -1.35. The van der Waals surface area contributed by atoms with Crippen LogP contribution in [0.2, 0.25) is 0 Å². The number of carbonyl (C=O) groups excluding carboxylic acids is 1. The molecule has 0 atom stereocenters. The van der Waals surface area contributed by atoms with E-state index in [1.54, 1.807) is 0 Å². The topological polar surface area (TPSA) is 23.6 Å². The molecular weight excluding hydrogens is 272 g/mol. The fourth-order valence-electron chi connectivity index (χ4n) is 3.78. The molecule has 1 aliphatic heterocycles. The number of piperidine rings is 1. The second-order valence-corrected chi connectivity index (χ2v) is 7.82. The first-order valence-electron chi connectivity index (χ1n) is 8.25. The lowest BCUT2D eigenvalue weighted by Crippen LogP contribution is -2.62. The number of hydrogen-bond donors (Lipinski definition) is 0. The zero-order valence-electron chi connectivity index (χ0n) is 14.7. The molecule has 3 heteroatoms. The molecule has 0 radical (unpaired) electrons. The molecule has 2 rings (SSSR count). The van der Waals surface area contributed by atoms with Gasteiger partial charge in [-0.2, -0.15) is 0 Å². The molecule has 1 aliphatic rings. The molecule has 1 aromatic rings. The lowest BCUT2D eigenvalue weighted by atomic mass is 9.77. The molecule has 0 bridgehead atoms. The van der Waals surface area contributed by atoms with Crippen LogP contribution in [0.15, 0.2) is 30.3 Å². The molecular formula is C19H30N2O. The number of carbonyl (C=O) groups is 1. The van der Waals surface area contributed by atoms with Crippen LogP contribution < -0.4 is 0 Å². The van der Waals surface area contributed by atoms with Crippen molar-refractivity contribution in [2.45, 2.75) is 64.1 Å². The van der Waals surface area contributed by atoms with Gasteiger partial charge in [0.1, 0.15) is 0 Å². The van der Waals surface area contributed by atoms with Crippen molar-refractivity contribution < 1.29 is 4.79 Å². The highest BCUT2D eigenvalue weighted by atomic mass is 16.1. The van der Waals surface area contributed by atoms with Crippen molar-refractivity contribution in [2.75, 3.05) is 13.6 Å². The predicted molar refractivity (Wildman–Crippen MR) is 91.9 cm³/mol. The van der Waals surface area contributed by atoms with Crippen molar-refractivity contribution in [3.05, 3.63) is 35.9 Å². The Labute approximate surface area is 135 Å². The standard InChI is InChI=1S/C19H30N2O/c1-18(2)13-17(14-19(3,4)20(18)5)21(15-22)12-11-16-9-7-6-8-10-16/h6-10,15,17H,11-14H2,1-5H3. The van der Waals surface area contributed by atoms with Gasteiger partial charge in [0.25, 0.3) is 0 Å². The SMILES string of the molecule is CN1C(C)(C)CC(N(C=O)CCc2ccccc2)CC1(C)C. The van der Waals surface area contributed by atoms with Gasteiger partial charge in [0.15, 0.2) is 0 Å². The maximum Gasteiger partial charge on any atom is 0.209 e. The van der Waals surface area contributed by atoms with E-state index in [2.05, 4.69) is 63.9 Å². The fourth-order valence-corrected chi connectivity index (χ4v) is 3.78. The Kier molecular flexibility index (Phi) is 4.96. The molecule has 1 aromatic carbocycles. The third-order valence-corrected chi connectivity index (χ3v) is 5.39. The van der Waals surface area contributed by atoms with E-state index in [0.29, 0.717) is 6.04 Å². The van der Waals surface area contributed by atoms with Gasteiger partial charge in [-0.1, -0.05) is 30.3 Å². The average Bonchev–Trinajstić information content (AvgIpc) is 2.46. The Morgan fingerprint density at radius 1 is 1.14 bits per heavy atom. The summed E-state index contributed by atoms with van der Waals surface area (Å²) in [4.78, 5) is 16.1. The first-order valence-corrected chi connectivity index (χ1v) is 8.25. The molecule has 0 N–H and O–H groups in total. The number of hydrogen-bond acceptors (Lipinski definition) is 2. The van der Waals surface area contributed by atoms with Crippen LogP contribution >= 0.6 is 0 Å². The van der Waals surface area contributed by atoms with Gasteiger partial charge >= 0.3 is 0 Å². The number of benzene rings is 1. The smallest absolute Gasteiger partial charge is 0.209 e. The highest BCUT2D eigenvalue weighted by Gasteiger charge is 2.44. The third kappa shape index (κ3) is 3.70. The van der Waals surface area contributed by atoms with Crippen LogP contribution in [-0.4, -0.2) is 46.9 Å². The summed E-state index contributed by atoms with van der Waals surface area (Å²) in [5.41, 5.74) is 1.52. The molecule has 0 unspecified atom stereocenters. The maximum absolute atomic E-state index is 11.6. The zero-order chi connectivity index (χ0) is 16.4. The lowest BCUT2D eigenvalue weighted by molar-refractivity contribution is -0.124. The minimum Gasteiger partial charge on any atom is -0.342 e. The monoisotopic (exact) mass is 302 g/mol. The van der Waals surface area contributed by atoms with Crippen LogP contribution in [0, 0.1) is 0 Å². The normalized spacial score (nSPS) is 21.5. The van der Waals surface area contributed by atoms with E-state index in [0.717, 1.165) is 32.2 Å². The summed E-state index contributed by atoms with van der Waals surface area (Å²) in [7, 11) is 2.20. The molecule has 1 heterocycles. The van der Waals surface area contributed by atoms with Gasteiger partial charge < -0.3 is 4.90 Å². The fraction of sp³-hybridized carbons (Fsp3) is 0.632. The van der Waals surface area contributed by atoms with Crippen LogP contribution in [0.1, 0.15) is 46.1 Å². The van der Waals surface area contributed by atoms with Gasteiger partial charge in [0.2, 0.25) is 6.41 Å². The molecule has 122 valence electrons. The number of rotatable bonds is 5. The number of likely N-dealkylation sites (tertiary alicyclic amines) is 1. The molecule has 3 nitrogen and oxygen atoms in total. The van der Waals surface area contributed by atoms with Crippen molar-refractivity contribution in [3.8, 4) is 0 Å². The molecule has 22 heavy (non-hydrogen) atoms. The molecule has 1 fully saturated rings. The van der Waals surface area contributed by atoms with E-state index in [-0.39, 0.29) is 11.1 Å². The van der Waals surface area contributed by atoms with Crippen molar-refractivity contribution in [2.24, 2.45) is 0 Å². The van der Waals surface area contributed by atoms with Gasteiger partial charge in [-0.15, -0.1) is 0 Å². The summed E-state index contributed by atoms with van der Waals surface area (Å²) in [6.07, 6.45) is 4.03. The molecule has 0 aromatic heterocycles. The summed E-state index contributed by atoms with van der Waals surface area (Å²) in [6.45, 7) is 9.92. The average molecular weight is 302 g/mol. The lowest BCUT2D eigenvalue weighted by Gasteiger charge is -2.55. The van der Waals surface area contributed by atoms with Gasteiger partial charge in [0, 0.05) is 23.7 Å². The molecule has 0 spiro atoms. The van der Waals surface area contributed by atoms with Crippen LogP contribution in [-0.2, 0) is 11.2 Å². The van der Waals surface area contributed by atoms with Gasteiger partial charge in [0.05, 0.1) is 0 Å². The van der Waals surface area contributed by atoms with Crippen molar-refractivity contribution in [1.82, 2.24) is 9.80 Å². The van der Waals surface area contributed by atoms with E-state index in [9.17, 15) is 4.79 Å². The Balaban J connectivity index is 2.06. The summed E-state index contributed by atoms with van der Waals surface area (Å²) >= 11 is 0. The van der Waals surface area contributed by atoms with Crippen molar-refractivity contribution in [3.63, 3.8) is 0 Å². The molecule has 1 saturated heterocycles. The minimum atomic E-state index is 0.112. The summed E-state index contributed by atoms with van der Waals surface area (Å²) in [5.74, 6) is 0. The first kappa shape index (κ1) is 17.0. The summed E-state index contributed by atoms with van der Waals surface area (Å²) < 4.78 is 0. The Morgan fingerprint density at radius 3 is 2.18 bits per heavy atom. The summed E-state index contributed by atoms with van der Waals surface area (Å²) in [5, 5.41) is 0. The van der Waals surface area contributed by atoms with Gasteiger partial charge in [-0.05, 0) is 59.6 Å². The van der Waals surface area contributed by atoms with E-state index in [1.807, 2.05) is 11.0 Å². The second kappa shape index (κ2) is 6.41. The van der Waals surface area contributed by atoms with Gasteiger partial charge in [-0.3, -0.25) is 9.69 Å². The predicted octanol–water partition coefficient (Wildman–Crippen LogP) is 3.34. The van der Waals surface area contributed by atoms with E-state index < -0.39 is 0 Å². The number of nitrogens with zero attached hydrogens (tertiary/aromatic N) is 2. The van der Waals surface area contributed by atoms with Crippen molar-refractivity contribution >= 4 is 6.41 Å². The molecule has 0 aliphatic carbocycles. The largest absolute Gasteiger partial charge is 0.342 e. The van der Waals surface area contributed by atoms with Crippen LogP contribution in [0.4, 0.5) is 0 Å². The van der Waals surface area contributed by atoms with E-state index >= 15 is 0 Å². The Bertz CT molecular complexity index is 477. The Morgan fingerprint density at radius 2 is 1.68 bits per heavy atom. The van der Waals surface area contributed by atoms with Crippen LogP contribution in [0.3, 0.4) is 0 Å². The van der Waals surface area contributed by atoms with Gasteiger partial charge in [-0.25, -0.2) is 0 Å².